The van der Waals surface area contributed by atoms with E-state index in [2.05, 4.69) is 24.5 Å². The molecule has 3 heteroatoms. The molecular formula is C14H26N2O. The molecule has 4 unspecified atom stereocenters. The standard InChI is InChI=1S/C14H26N2O/c1-10-5-6-13(11(2)8-10)16-14(17)9-12-4-3-7-15-12/h10-13,15H,3-9H2,1-2H3,(H,16,17). The lowest BCUT2D eigenvalue weighted by atomic mass is 9.80. The minimum absolute atomic E-state index is 0.246. The van der Waals surface area contributed by atoms with Gasteiger partial charge in [-0.3, -0.25) is 4.79 Å². The number of hydrogen-bond acceptors (Lipinski definition) is 2. The van der Waals surface area contributed by atoms with Crippen molar-refractivity contribution in [1.29, 1.82) is 0 Å². The van der Waals surface area contributed by atoms with Gasteiger partial charge in [0.15, 0.2) is 0 Å². The van der Waals surface area contributed by atoms with E-state index in [4.69, 9.17) is 0 Å². The first kappa shape index (κ1) is 12.9. The van der Waals surface area contributed by atoms with Crippen LogP contribution in [0.3, 0.4) is 0 Å². The third-order valence-corrected chi connectivity index (χ3v) is 4.37. The molecule has 1 amide bonds. The Morgan fingerprint density at radius 1 is 1.29 bits per heavy atom. The van der Waals surface area contributed by atoms with Gasteiger partial charge in [-0.15, -0.1) is 0 Å². The van der Waals surface area contributed by atoms with E-state index in [9.17, 15) is 4.79 Å². The van der Waals surface area contributed by atoms with Crippen LogP contribution in [0.4, 0.5) is 0 Å². The summed E-state index contributed by atoms with van der Waals surface area (Å²) in [5, 5.41) is 6.62. The quantitative estimate of drug-likeness (QED) is 0.790. The Balaban J connectivity index is 1.73. The first-order chi connectivity index (χ1) is 8.15. The van der Waals surface area contributed by atoms with Crippen LogP contribution < -0.4 is 10.6 Å². The number of rotatable bonds is 3. The molecule has 0 bridgehead atoms. The highest BCUT2D eigenvalue weighted by atomic mass is 16.1. The lowest BCUT2D eigenvalue weighted by molar-refractivity contribution is -0.122. The zero-order valence-electron chi connectivity index (χ0n) is 11.2. The number of amides is 1. The Morgan fingerprint density at radius 2 is 2.12 bits per heavy atom. The van der Waals surface area contributed by atoms with Gasteiger partial charge in [-0.1, -0.05) is 13.8 Å². The van der Waals surface area contributed by atoms with E-state index in [0.29, 0.717) is 24.4 Å². The Labute approximate surface area is 105 Å². The third-order valence-electron chi connectivity index (χ3n) is 4.37. The van der Waals surface area contributed by atoms with E-state index < -0.39 is 0 Å². The molecule has 0 radical (unpaired) electrons. The van der Waals surface area contributed by atoms with Gasteiger partial charge >= 0.3 is 0 Å². The molecule has 1 aliphatic heterocycles. The lowest BCUT2D eigenvalue weighted by Crippen LogP contribution is -2.44. The molecule has 2 rings (SSSR count). The highest BCUT2D eigenvalue weighted by Gasteiger charge is 2.27. The number of nitrogens with one attached hydrogen (secondary N) is 2. The summed E-state index contributed by atoms with van der Waals surface area (Å²) in [5.41, 5.74) is 0. The number of carbonyl (C=O) groups is 1. The normalized spacial score (nSPS) is 38.0. The highest BCUT2D eigenvalue weighted by molar-refractivity contribution is 5.77. The SMILES string of the molecule is CC1CCC(NC(=O)CC2CCCN2)C(C)C1. The predicted molar refractivity (Wildman–Crippen MR) is 69.8 cm³/mol. The van der Waals surface area contributed by atoms with Crippen molar-refractivity contribution in [1.82, 2.24) is 10.6 Å². The summed E-state index contributed by atoms with van der Waals surface area (Å²) in [6, 6.07) is 0.841. The van der Waals surface area contributed by atoms with Crippen molar-refractivity contribution in [2.45, 2.75) is 64.5 Å². The molecule has 1 saturated carbocycles. The van der Waals surface area contributed by atoms with E-state index in [0.717, 1.165) is 25.3 Å². The maximum Gasteiger partial charge on any atom is 0.221 e. The summed E-state index contributed by atoms with van der Waals surface area (Å²) in [6.07, 6.45) is 6.72. The van der Waals surface area contributed by atoms with E-state index in [1.807, 2.05) is 0 Å². The second-order valence-corrected chi connectivity index (χ2v) is 6.07. The molecule has 1 heterocycles. The van der Waals surface area contributed by atoms with Crippen molar-refractivity contribution in [3.63, 3.8) is 0 Å². The molecule has 0 spiro atoms. The zero-order valence-corrected chi connectivity index (χ0v) is 11.2. The Hall–Kier alpha value is -0.570. The first-order valence-corrected chi connectivity index (χ1v) is 7.18. The molecule has 1 aliphatic carbocycles. The molecule has 98 valence electrons. The monoisotopic (exact) mass is 238 g/mol. The summed E-state index contributed by atoms with van der Waals surface area (Å²) in [7, 11) is 0. The fraction of sp³-hybridized carbons (Fsp3) is 0.929. The molecular weight excluding hydrogens is 212 g/mol. The van der Waals surface area contributed by atoms with Crippen molar-refractivity contribution in [2.75, 3.05) is 6.54 Å². The molecule has 2 fully saturated rings. The molecule has 0 aromatic heterocycles. The van der Waals surface area contributed by atoms with Gasteiger partial charge in [0, 0.05) is 18.5 Å². The van der Waals surface area contributed by atoms with Gasteiger partial charge in [-0.2, -0.15) is 0 Å². The second kappa shape index (κ2) is 5.85. The van der Waals surface area contributed by atoms with Crippen LogP contribution in [-0.2, 0) is 4.79 Å². The van der Waals surface area contributed by atoms with E-state index in [1.54, 1.807) is 0 Å². The van der Waals surface area contributed by atoms with Gasteiger partial charge in [0.25, 0.3) is 0 Å². The first-order valence-electron chi connectivity index (χ1n) is 7.18. The smallest absolute Gasteiger partial charge is 0.221 e. The Bertz CT molecular complexity index is 261. The fourth-order valence-corrected chi connectivity index (χ4v) is 3.30. The molecule has 3 nitrogen and oxygen atoms in total. The molecule has 1 saturated heterocycles. The van der Waals surface area contributed by atoms with Crippen molar-refractivity contribution in [3.05, 3.63) is 0 Å². The van der Waals surface area contributed by atoms with Crippen molar-refractivity contribution >= 4 is 5.91 Å². The maximum absolute atomic E-state index is 11.9. The van der Waals surface area contributed by atoms with Crippen LogP contribution in [0.1, 0.15) is 52.4 Å². The highest BCUT2D eigenvalue weighted by Crippen LogP contribution is 2.28. The van der Waals surface area contributed by atoms with E-state index >= 15 is 0 Å². The summed E-state index contributed by atoms with van der Waals surface area (Å²) in [4.78, 5) is 11.9. The van der Waals surface area contributed by atoms with Gasteiger partial charge < -0.3 is 10.6 Å². The molecule has 4 atom stereocenters. The molecule has 2 aliphatic rings. The largest absolute Gasteiger partial charge is 0.353 e. The summed E-state index contributed by atoms with van der Waals surface area (Å²) in [6.45, 7) is 5.67. The van der Waals surface area contributed by atoms with Crippen molar-refractivity contribution < 1.29 is 4.79 Å². The van der Waals surface area contributed by atoms with E-state index in [1.165, 1.54) is 19.3 Å². The van der Waals surface area contributed by atoms with Crippen LogP contribution in [-0.4, -0.2) is 24.5 Å². The summed E-state index contributed by atoms with van der Waals surface area (Å²) < 4.78 is 0. The van der Waals surface area contributed by atoms with Gasteiger partial charge in [0.2, 0.25) is 5.91 Å². The van der Waals surface area contributed by atoms with Gasteiger partial charge in [-0.05, 0) is 50.5 Å². The van der Waals surface area contributed by atoms with Crippen molar-refractivity contribution in [3.8, 4) is 0 Å². The maximum atomic E-state index is 11.9. The van der Waals surface area contributed by atoms with Crippen LogP contribution in [0.5, 0.6) is 0 Å². The Morgan fingerprint density at radius 3 is 2.76 bits per heavy atom. The summed E-state index contributed by atoms with van der Waals surface area (Å²) in [5.74, 6) is 1.71. The van der Waals surface area contributed by atoms with E-state index in [-0.39, 0.29) is 5.91 Å². The lowest BCUT2D eigenvalue weighted by Gasteiger charge is -2.33. The summed E-state index contributed by atoms with van der Waals surface area (Å²) >= 11 is 0. The third kappa shape index (κ3) is 3.70. The van der Waals surface area contributed by atoms with Crippen LogP contribution in [0, 0.1) is 11.8 Å². The van der Waals surface area contributed by atoms with Crippen LogP contribution in [0.2, 0.25) is 0 Å². The molecule has 2 N–H and O–H groups in total. The minimum Gasteiger partial charge on any atom is -0.353 e. The average Bonchev–Trinajstić information content (AvgIpc) is 2.75. The second-order valence-electron chi connectivity index (χ2n) is 6.07. The van der Waals surface area contributed by atoms with Crippen LogP contribution in [0.25, 0.3) is 0 Å². The zero-order chi connectivity index (χ0) is 12.3. The van der Waals surface area contributed by atoms with Gasteiger partial charge in [-0.25, -0.2) is 0 Å². The number of carbonyl (C=O) groups excluding carboxylic acids is 1. The molecule has 17 heavy (non-hydrogen) atoms. The fourth-order valence-electron chi connectivity index (χ4n) is 3.30. The van der Waals surface area contributed by atoms with Crippen LogP contribution in [0.15, 0.2) is 0 Å². The predicted octanol–water partition coefficient (Wildman–Crippen LogP) is 2.07. The number of hydrogen-bond donors (Lipinski definition) is 2. The van der Waals surface area contributed by atoms with Crippen molar-refractivity contribution in [2.24, 2.45) is 11.8 Å². The molecule has 0 aromatic carbocycles. The van der Waals surface area contributed by atoms with Crippen LogP contribution >= 0.6 is 0 Å². The average molecular weight is 238 g/mol. The van der Waals surface area contributed by atoms with Gasteiger partial charge in [0.1, 0.15) is 0 Å². The topological polar surface area (TPSA) is 41.1 Å². The Kier molecular flexibility index (Phi) is 4.43. The molecule has 0 aromatic rings. The van der Waals surface area contributed by atoms with Gasteiger partial charge in [0.05, 0.1) is 0 Å². The minimum atomic E-state index is 0.246.